The fraction of sp³-hybridized carbons (Fsp3) is 0.300. The van der Waals surface area contributed by atoms with E-state index < -0.39 is 0 Å². The lowest BCUT2D eigenvalue weighted by molar-refractivity contribution is 0.0938. The highest BCUT2D eigenvalue weighted by molar-refractivity contribution is 14.1. The fourth-order valence-corrected chi connectivity index (χ4v) is 1.54. The molecule has 1 aromatic carbocycles. The lowest BCUT2D eigenvalue weighted by Gasteiger charge is -2.12. The van der Waals surface area contributed by atoms with Gasteiger partial charge >= 0.3 is 0 Å². The summed E-state index contributed by atoms with van der Waals surface area (Å²) in [4.78, 5) is 11.7. The SMILES string of the molecule is CC(CN)NC(=O)c1cc(I)ccc1O. The number of halogens is 1. The molecule has 1 rings (SSSR count). The Labute approximate surface area is 102 Å². The first kappa shape index (κ1) is 12.3. The van der Waals surface area contributed by atoms with Crippen LogP contribution < -0.4 is 11.1 Å². The zero-order valence-corrected chi connectivity index (χ0v) is 10.5. The van der Waals surface area contributed by atoms with Crippen molar-refractivity contribution in [2.75, 3.05) is 6.54 Å². The average Bonchev–Trinajstić information content (AvgIpc) is 2.21. The molecule has 1 atom stereocenters. The van der Waals surface area contributed by atoms with Gasteiger partial charge in [-0.3, -0.25) is 4.79 Å². The summed E-state index contributed by atoms with van der Waals surface area (Å²) in [5.74, 6) is -0.318. The Hall–Kier alpha value is -0.820. The lowest BCUT2D eigenvalue weighted by Crippen LogP contribution is -2.37. The van der Waals surface area contributed by atoms with Crippen LogP contribution in [0.4, 0.5) is 0 Å². The predicted octanol–water partition coefficient (Wildman–Crippen LogP) is 1.07. The predicted molar refractivity (Wildman–Crippen MR) is 66.8 cm³/mol. The standard InChI is InChI=1S/C10H13IN2O2/c1-6(5-12)13-10(15)8-4-7(11)2-3-9(8)14/h2-4,6,14H,5,12H2,1H3,(H,13,15). The van der Waals surface area contributed by atoms with Crippen LogP contribution in [-0.2, 0) is 0 Å². The van der Waals surface area contributed by atoms with Gasteiger partial charge in [-0.1, -0.05) is 0 Å². The van der Waals surface area contributed by atoms with E-state index in [-0.39, 0.29) is 23.3 Å². The zero-order valence-electron chi connectivity index (χ0n) is 8.33. The topological polar surface area (TPSA) is 75.3 Å². The van der Waals surface area contributed by atoms with E-state index in [9.17, 15) is 9.90 Å². The Kier molecular flexibility index (Phi) is 4.34. The molecule has 4 N–H and O–H groups in total. The fourth-order valence-electron chi connectivity index (χ4n) is 1.05. The molecule has 0 aliphatic rings. The summed E-state index contributed by atoms with van der Waals surface area (Å²) in [5.41, 5.74) is 5.67. The van der Waals surface area contributed by atoms with Gasteiger partial charge in [0.2, 0.25) is 0 Å². The number of hydrogen-bond donors (Lipinski definition) is 3. The Morgan fingerprint density at radius 3 is 2.93 bits per heavy atom. The second-order valence-corrected chi connectivity index (χ2v) is 4.52. The number of phenols is 1. The van der Waals surface area contributed by atoms with Crippen molar-refractivity contribution in [2.24, 2.45) is 5.73 Å². The van der Waals surface area contributed by atoms with Crippen LogP contribution in [-0.4, -0.2) is 23.6 Å². The molecule has 0 aliphatic carbocycles. The van der Waals surface area contributed by atoms with Crippen molar-refractivity contribution in [3.05, 3.63) is 27.3 Å². The minimum atomic E-state index is -0.302. The normalized spacial score (nSPS) is 12.2. The molecule has 0 fully saturated rings. The summed E-state index contributed by atoms with van der Waals surface area (Å²) in [6.07, 6.45) is 0. The largest absolute Gasteiger partial charge is 0.507 e. The third-order valence-electron chi connectivity index (χ3n) is 1.93. The van der Waals surface area contributed by atoms with Crippen LogP contribution in [0.5, 0.6) is 5.75 Å². The van der Waals surface area contributed by atoms with Crippen molar-refractivity contribution in [1.82, 2.24) is 5.32 Å². The van der Waals surface area contributed by atoms with E-state index in [1.165, 1.54) is 6.07 Å². The van der Waals surface area contributed by atoms with E-state index in [2.05, 4.69) is 27.9 Å². The summed E-state index contributed by atoms with van der Waals surface area (Å²) in [7, 11) is 0. The number of hydrogen-bond acceptors (Lipinski definition) is 3. The quantitative estimate of drug-likeness (QED) is 0.730. The summed E-state index contributed by atoms with van der Waals surface area (Å²) in [6.45, 7) is 2.18. The van der Waals surface area contributed by atoms with Crippen LogP contribution in [0.2, 0.25) is 0 Å². The number of nitrogens with two attached hydrogens (primary N) is 1. The van der Waals surface area contributed by atoms with Crippen molar-refractivity contribution < 1.29 is 9.90 Å². The molecule has 1 unspecified atom stereocenters. The van der Waals surface area contributed by atoms with Crippen LogP contribution in [0.1, 0.15) is 17.3 Å². The lowest BCUT2D eigenvalue weighted by atomic mass is 10.2. The number of nitrogens with one attached hydrogen (secondary N) is 1. The van der Waals surface area contributed by atoms with Gasteiger partial charge in [-0.15, -0.1) is 0 Å². The second-order valence-electron chi connectivity index (χ2n) is 3.27. The van der Waals surface area contributed by atoms with E-state index in [1.54, 1.807) is 12.1 Å². The Morgan fingerprint density at radius 2 is 2.33 bits per heavy atom. The molecule has 0 bridgehead atoms. The summed E-state index contributed by atoms with van der Waals surface area (Å²) in [6, 6.07) is 4.77. The third-order valence-corrected chi connectivity index (χ3v) is 2.61. The van der Waals surface area contributed by atoms with E-state index in [1.807, 2.05) is 6.92 Å². The molecule has 5 heteroatoms. The Bertz CT molecular complexity index is 368. The zero-order chi connectivity index (χ0) is 11.4. The van der Waals surface area contributed by atoms with Crippen molar-refractivity contribution >= 4 is 28.5 Å². The summed E-state index contributed by atoms with van der Waals surface area (Å²) >= 11 is 2.08. The first-order valence-electron chi connectivity index (χ1n) is 4.54. The van der Waals surface area contributed by atoms with Gasteiger partial charge in [0.05, 0.1) is 5.56 Å². The number of phenolic OH excluding ortho intramolecular Hbond substituents is 1. The van der Waals surface area contributed by atoms with Gasteiger partial charge in [-0.05, 0) is 47.7 Å². The van der Waals surface area contributed by atoms with E-state index in [0.29, 0.717) is 6.54 Å². The highest BCUT2D eigenvalue weighted by Crippen LogP contribution is 2.19. The van der Waals surface area contributed by atoms with Crippen molar-refractivity contribution in [1.29, 1.82) is 0 Å². The molecule has 15 heavy (non-hydrogen) atoms. The molecule has 0 aliphatic heterocycles. The molecule has 82 valence electrons. The molecule has 0 aromatic heterocycles. The van der Waals surface area contributed by atoms with Crippen LogP contribution in [0, 0.1) is 3.57 Å². The van der Waals surface area contributed by atoms with E-state index in [0.717, 1.165) is 3.57 Å². The third kappa shape index (κ3) is 3.35. The Balaban J connectivity index is 2.86. The Morgan fingerprint density at radius 1 is 1.67 bits per heavy atom. The molecule has 0 saturated heterocycles. The number of amides is 1. The van der Waals surface area contributed by atoms with Crippen LogP contribution >= 0.6 is 22.6 Å². The van der Waals surface area contributed by atoms with Crippen LogP contribution in [0.25, 0.3) is 0 Å². The van der Waals surface area contributed by atoms with Gasteiger partial charge in [0.1, 0.15) is 5.75 Å². The first-order chi connectivity index (χ1) is 7.04. The molecular formula is C10H13IN2O2. The van der Waals surface area contributed by atoms with Gasteiger partial charge in [-0.25, -0.2) is 0 Å². The van der Waals surface area contributed by atoms with E-state index >= 15 is 0 Å². The highest BCUT2D eigenvalue weighted by atomic mass is 127. The molecule has 0 radical (unpaired) electrons. The molecule has 0 heterocycles. The maximum atomic E-state index is 11.7. The molecule has 1 amide bonds. The highest BCUT2D eigenvalue weighted by Gasteiger charge is 2.13. The number of rotatable bonds is 3. The number of aromatic hydroxyl groups is 1. The molecule has 4 nitrogen and oxygen atoms in total. The summed E-state index contributed by atoms with van der Waals surface area (Å²) < 4.78 is 0.899. The maximum Gasteiger partial charge on any atom is 0.255 e. The van der Waals surface area contributed by atoms with Gasteiger partial charge in [0.25, 0.3) is 5.91 Å². The minimum absolute atomic E-state index is 0.0165. The maximum absolute atomic E-state index is 11.7. The molecule has 0 saturated carbocycles. The molecule has 1 aromatic rings. The molecule has 0 spiro atoms. The molecular weight excluding hydrogens is 307 g/mol. The smallest absolute Gasteiger partial charge is 0.255 e. The summed E-state index contributed by atoms with van der Waals surface area (Å²) in [5, 5.41) is 12.2. The van der Waals surface area contributed by atoms with Gasteiger partial charge < -0.3 is 16.2 Å². The van der Waals surface area contributed by atoms with Crippen molar-refractivity contribution in [2.45, 2.75) is 13.0 Å². The van der Waals surface area contributed by atoms with Crippen LogP contribution in [0.3, 0.4) is 0 Å². The van der Waals surface area contributed by atoms with Crippen molar-refractivity contribution in [3.8, 4) is 5.75 Å². The number of benzene rings is 1. The first-order valence-corrected chi connectivity index (χ1v) is 5.62. The van der Waals surface area contributed by atoms with Gasteiger partial charge in [0.15, 0.2) is 0 Å². The number of carbonyl (C=O) groups is 1. The van der Waals surface area contributed by atoms with Gasteiger partial charge in [0, 0.05) is 16.2 Å². The number of carbonyl (C=O) groups excluding carboxylic acids is 1. The van der Waals surface area contributed by atoms with Gasteiger partial charge in [-0.2, -0.15) is 0 Å². The minimum Gasteiger partial charge on any atom is -0.507 e. The van der Waals surface area contributed by atoms with E-state index in [4.69, 9.17) is 5.73 Å². The van der Waals surface area contributed by atoms with Crippen LogP contribution in [0.15, 0.2) is 18.2 Å². The monoisotopic (exact) mass is 320 g/mol. The second kappa shape index (κ2) is 5.32. The van der Waals surface area contributed by atoms with Crippen molar-refractivity contribution in [3.63, 3.8) is 0 Å². The average molecular weight is 320 g/mol.